The zero-order chi connectivity index (χ0) is 13.7. The summed E-state index contributed by atoms with van der Waals surface area (Å²) in [6, 6.07) is 6.73. The third kappa shape index (κ3) is 4.38. The van der Waals surface area contributed by atoms with E-state index < -0.39 is 6.10 Å². The summed E-state index contributed by atoms with van der Waals surface area (Å²) in [6.45, 7) is 1.62. The first-order valence-corrected chi connectivity index (χ1v) is 5.94. The standard InChI is InChI=1S/C11H14ClN3O2S/c1-7(10(16)14-15(2)11(13)18)17-9-5-3-8(12)4-6-9/h3-7H,1-2H3,(H2,13,18)(H,14,16). The Labute approximate surface area is 116 Å². The van der Waals surface area contributed by atoms with Gasteiger partial charge in [0, 0.05) is 12.1 Å². The van der Waals surface area contributed by atoms with Gasteiger partial charge in [0.15, 0.2) is 11.2 Å². The summed E-state index contributed by atoms with van der Waals surface area (Å²) in [4.78, 5) is 11.7. The minimum atomic E-state index is -0.678. The highest BCUT2D eigenvalue weighted by molar-refractivity contribution is 7.80. The van der Waals surface area contributed by atoms with Gasteiger partial charge >= 0.3 is 0 Å². The fourth-order valence-electron chi connectivity index (χ4n) is 1.08. The van der Waals surface area contributed by atoms with E-state index in [4.69, 9.17) is 34.3 Å². The molecule has 1 aromatic rings. The number of thiocarbonyl (C=S) groups is 1. The summed E-state index contributed by atoms with van der Waals surface area (Å²) in [5.41, 5.74) is 7.83. The second kappa shape index (κ2) is 6.42. The molecule has 1 atom stereocenters. The molecule has 0 radical (unpaired) electrons. The molecule has 3 N–H and O–H groups in total. The number of halogens is 1. The van der Waals surface area contributed by atoms with Crippen molar-refractivity contribution in [2.45, 2.75) is 13.0 Å². The van der Waals surface area contributed by atoms with Crippen LogP contribution < -0.4 is 15.9 Å². The van der Waals surface area contributed by atoms with Gasteiger partial charge in [-0.15, -0.1) is 0 Å². The maximum absolute atomic E-state index is 11.7. The maximum Gasteiger partial charge on any atom is 0.279 e. The number of hydrogen-bond donors (Lipinski definition) is 2. The van der Waals surface area contributed by atoms with Crippen LogP contribution in [-0.2, 0) is 4.79 Å². The van der Waals surface area contributed by atoms with Gasteiger partial charge in [-0.3, -0.25) is 15.2 Å². The van der Waals surface area contributed by atoms with E-state index in [1.807, 2.05) is 0 Å². The lowest BCUT2D eigenvalue weighted by molar-refractivity contribution is -0.130. The van der Waals surface area contributed by atoms with Gasteiger partial charge in [-0.1, -0.05) is 11.6 Å². The number of nitrogens with one attached hydrogen (secondary N) is 1. The topological polar surface area (TPSA) is 67.6 Å². The third-order valence-electron chi connectivity index (χ3n) is 2.10. The van der Waals surface area contributed by atoms with E-state index in [0.29, 0.717) is 10.8 Å². The predicted octanol–water partition coefficient (Wildman–Crippen LogP) is 1.31. The van der Waals surface area contributed by atoms with Crippen LogP contribution in [0.3, 0.4) is 0 Å². The zero-order valence-electron chi connectivity index (χ0n) is 10.0. The number of rotatable bonds is 3. The molecule has 18 heavy (non-hydrogen) atoms. The van der Waals surface area contributed by atoms with Crippen LogP contribution in [0.15, 0.2) is 24.3 Å². The van der Waals surface area contributed by atoms with Crippen molar-refractivity contribution in [2.75, 3.05) is 7.05 Å². The van der Waals surface area contributed by atoms with Crippen molar-refractivity contribution in [1.82, 2.24) is 10.4 Å². The minimum absolute atomic E-state index is 0.0713. The van der Waals surface area contributed by atoms with Gasteiger partial charge < -0.3 is 10.5 Å². The number of carbonyl (C=O) groups is 1. The summed E-state index contributed by atoms with van der Waals surface area (Å²) in [7, 11) is 1.55. The van der Waals surface area contributed by atoms with Crippen molar-refractivity contribution in [3.63, 3.8) is 0 Å². The van der Waals surface area contributed by atoms with E-state index in [1.54, 1.807) is 38.2 Å². The van der Waals surface area contributed by atoms with E-state index in [9.17, 15) is 4.79 Å². The van der Waals surface area contributed by atoms with Crippen LogP contribution in [0.1, 0.15) is 6.92 Å². The van der Waals surface area contributed by atoms with Gasteiger partial charge in [0.25, 0.3) is 5.91 Å². The summed E-state index contributed by atoms with van der Waals surface area (Å²) in [6.07, 6.45) is -0.678. The van der Waals surface area contributed by atoms with Gasteiger partial charge in [0.2, 0.25) is 0 Å². The SMILES string of the molecule is CC(Oc1ccc(Cl)cc1)C(=O)NN(C)C(N)=S. The van der Waals surface area contributed by atoms with Crippen LogP contribution in [0, 0.1) is 0 Å². The number of nitrogens with zero attached hydrogens (tertiary/aromatic N) is 1. The van der Waals surface area contributed by atoms with Crippen LogP contribution >= 0.6 is 23.8 Å². The lowest BCUT2D eigenvalue weighted by Crippen LogP contribution is -2.50. The molecule has 7 heteroatoms. The molecule has 98 valence electrons. The highest BCUT2D eigenvalue weighted by atomic mass is 35.5. The number of hydrazine groups is 1. The number of nitrogens with two attached hydrogens (primary N) is 1. The highest BCUT2D eigenvalue weighted by Gasteiger charge is 2.16. The van der Waals surface area contributed by atoms with Crippen molar-refractivity contribution in [3.05, 3.63) is 29.3 Å². The van der Waals surface area contributed by atoms with Gasteiger partial charge in [0.1, 0.15) is 5.75 Å². The molecule has 0 aliphatic heterocycles. The lowest BCUT2D eigenvalue weighted by Gasteiger charge is -2.21. The Bertz CT molecular complexity index is 438. The quantitative estimate of drug-likeness (QED) is 0.648. The zero-order valence-corrected chi connectivity index (χ0v) is 11.6. The molecule has 0 heterocycles. The summed E-state index contributed by atoms with van der Waals surface area (Å²) >= 11 is 10.4. The molecule has 1 amide bonds. The second-order valence-corrected chi connectivity index (χ2v) is 4.44. The first-order valence-electron chi connectivity index (χ1n) is 5.16. The molecule has 0 aliphatic rings. The monoisotopic (exact) mass is 287 g/mol. The molecule has 0 aromatic heterocycles. The van der Waals surface area contributed by atoms with Crippen molar-refractivity contribution in [1.29, 1.82) is 0 Å². The van der Waals surface area contributed by atoms with E-state index >= 15 is 0 Å². The molecule has 1 rings (SSSR count). The van der Waals surface area contributed by atoms with E-state index in [-0.39, 0.29) is 11.0 Å². The molecule has 0 saturated carbocycles. The average Bonchev–Trinajstić information content (AvgIpc) is 2.31. The van der Waals surface area contributed by atoms with Crippen LogP contribution in [-0.4, -0.2) is 29.2 Å². The van der Waals surface area contributed by atoms with Gasteiger partial charge in [-0.05, 0) is 43.4 Å². The van der Waals surface area contributed by atoms with Crippen molar-refractivity contribution < 1.29 is 9.53 Å². The average molecular weight is 288 g/mol. The number of ether oxygens (including phenoxy) is 1. The molecule has 0 bridgehead atoms. The summed E-state index contributed by atoms with van der Waals surface area (Å²) in [5.74, 6) is 0.209. The Morgan fingerprint density at radius 2 is 2.06 bits per heavy atom. The van der Waals surface area contributed by atoms with Crippen molar-refractivity contribution in [2.24, 2.45) is 5.73 Å². The fourth-order valence-corrected chi connectivity index (χ4v) is 1.25. The van der Waals surface area contributed by atoms with Crippen molar-refractivity contribution >= 4 is 34.8 Å². The number of carbonyl (C=O) groups excluding carboxylic acids is 1. The molecule has 0 fully saturated rings. The van der Waals surface area contributed by atoms with E-state index in [2.05, 4.69) is 5.43 Å². The number of amides is 1. The summed E-state index contributed by atoms with van der Waals surface area (Å²) in [5, 5.41) is 1.93. The molecular formula is C11H14ClN3O2S. The van der Waals surface area contributed by atoms with Gasteiger partial charge in [-0.2, -0.15) is 0 Å². The Kier molecular flexibility index (Phi) is 5.18. The lowest BCUT2D eigenvalue weighted by atomic mass is 10.3. The van der Waals surface area contributed by atoms with E-state index in [0.717, 1.165) is 0 Å². The minimum Gasteiger partial charge on any atom is -0.481 e. The third-order valence-corrected chi connectivity index (χ3v) is 2.63. The first kappa shape index (κ1) is 14.5. The molecule has 5 nitrogen and oxygen atoms in total. The van der Waals surface area contributed by atoms with E-state index in [1.165, 1.54) is 5.01 Å². The van der Waals surface area contributed by atoms with Gasteiger partial charge in [0.05, 0.1) is 0 Å². The van der Waals surface area contributed by atoms with Crippen LogP contribution in [0.5, 0.6) is 5.75 Å². The maximum atomic E-state index is 11.7. The Hall–Kier alpha value is -1.53. The first-order chi connectivity index (χ1) is 8.40. The van der Waals surface area contributed by atoms with Gasteiger partial charge in [-0.25, -0.2) is 0 Å². The second-order valence-electron chi connectivity index (χ2n) is 3.59. The highest BCUT2D eigenvalue weighted by Crippen LogP contribution is 2.16. The molecule has 0 spiro atoms. The van der Waals surface area contributed by atoms with Crippen LogP contribution in [0.4, 0.5) is 0 Å². The van der Waals surface area contributed by atoms with Crippen molar-refractivity contribution in [3.8, 4) is 5.75 Å². The Balaban J connectivity index is 2.54. The number of hydrogen-bond acceptors (Lipinski definition) is 3. The smallest absolute Gasteiger partial charge is 0.279 e. The normalized spacial score (nSPS) is 11.5. The fraction of sp³-hybridized carbons (Fsp3) is 0.273. The van der Waals surface area contributed by atoms with Crippen LogP contribution in [0.2, 0.25) is 5.02 Å². The largest absolute Gasteiger partial charge is 0.481 e. The Morgan fingerprint density at radius 3 is 2.56 bits per heavy atom. The molecule has 1 aromatic carbocycles. The molecular weight excluding hydrogens is 274 g/mol. The van der Waals surface area contributed by atoms with Crippen LogP contribution in [0.25, 0.3) is 0 Å². The number of benzene rings is 1. The predicted molar refractivity (Wildman–Crippen MR) is 74.2 cm³/mol. The molecule has 0 saturated heterocycles. The Morgan fingerprint density at radius 1 is 1.50 bits per heavy atom. The summed E-state index contributed by atoms with van der Waals surface area (Å²) < 4.78 is 5.43. The molecule has 1 unspecified atom stereocenters. The molecule has 0 aliphatic carbocycles.